The van der Waals surface area contributed by atoms with Gasteiger partial charge >= 0.3 is 23.0 Å². The van der Waals surface area contributed by atoms with Crippen LogP contribution in [0.5, 0.6) is 126 Å². The molecule has 0 fully saturated rings. The maximum absolute atomic E-state index is 10.8. The first-order valence-electron chi connectivity index (χ1n) is 34.1. The summed E-state index contributed by atoms with van der Waals surface area (Å²) in [5, 5.41) is 225. The number of rotatable bonds is 10. The van der Waals surface area contributed by atoms with Crippen LogP contribution in [0, 0.1) is 24.2 Å². The molecule has 14 rings (SSSR count). The number of aromatic hydroxyl groups is 22. The number of fused-ring (bicyclic) bond motifs is 4. The first-order valence-corrected chi connectivity index (χ1v) is 36.2. The molecule has 25 N–H and O–H groups in total. The number of phenolic OH excluding ortho intramolecular Hbond substituents is 21. The number of nitro benzene ring substituents is 2. The molecule has 39 nitrogen and oxygen atoms in total. The number of nitro groups is 2. The molecule has 11 aromatic carbocycles. The summed E-state index contributed by atoms with van der Waals surface area (Å²) in [5.74, 6) is -14.7. The molecule has 1 aliphatic rings. The highest BCUT2D eigenvalue weighted by Gasteiger charge is 2.30. The van der Waals surface area contributed by atoms with Gasteiger partial charge < -0.3 is 142 Å². The van der Waals surface area contributed by atoms with Crippen molar-refractivity contribution in [2.24, 2.45) is 7.05 Å². The summed E-state index contributed by atoms with van der Waals surface area (Å²) in [4.78, 5) is 77.9. The predicted molar refractivity (Wildman–Crippen MR) is 455 cm³/mol. The Morgan fingerprint density at radius 2 is 0.879 bits per heavy atom. The molecule has 1 aliphatic heterocycles. The third kappa shape index (κ3) is 27.8. The molecule has 0 aliphatic carbocycles. The van der Waals surface area contributed by atoms with E-state index in [9.17, 15) is 49.3 Å². The van der Waals surface area contributed by atoms with Gasteiger partial charge in [-0.25, -0.2) is 9.59 Å². The topological polar surface area (TPSA) is 693 Å². The number of nitrogens with zero attached hydrogens (tertiary/aromatic N) is 5. The fourth-order valence-corrected chi connectivity index (χ4v) is 11.9. The van der Waals surface area contributed by atoms with Crippen LogP contribution < -0.4 is 10.5 Å². The van der Waals surface area contributed by atoms with Gasteiger partial charge in [-0.05, 0) is 174 Å². The third-order valence-corrected chi connectivity index (χ3v) is 18.5. The molecule has 0 atom stereocenters. The number of aryl methyl sites for hydroxylation is 1. The van der Waals surface area contributed by atoms with Gasteiger partial charge in [0.15, 0.2) is 108 Å². The summed E-state index contributed by atoms with van der Waals surface area (Å²) in [7, 11) is 6.27. The van der Waals surface area contributed by atoms with Gasteiger partial charge in [0.25, 0.3) is 0 Å². The van der Waals surface area contributed by atoms with Gasteiger partial charge in [0.1, 0.15) is 17.9 Å². The molecule has 0 spiro atoms. The summed E-state index contributed by atoms with van der Waals surface area (Å²) < 4.78 is 8.94. The number of carboxylic acids is 1. The van der Waals surface area contributed by atoms with E-state index in [1.807, 2.05) is 35.5 Å². The first kappa shape index (κ1) is 102. The Morgan fingerprint density at radius 3 is 1.33 bits per heavy atom. The number of aromatic carboxylic acids is 1. The lowest BCUT2D eigenvalue weighted by molar-refractivity contribution is -0.395. The number of phenols is 22. The average molecular weight is 1800 g/mol. The third-order valence-electron chi connectivity index (χ3n) is 15.8. The zero-order valence-electron chi connectivity index (χ0n) is 64.5. The molecular formula is C81H78ClN5O34S3. The van der Waals surface area contributed by atoms with Gasteiger partial charge in [0, 0.05) is 40.4 Å². The number of aldehydes is 2. The van der Waals surface area contributed by atoms with Gasteiger partial charge in [-0.1, -0.05) is 66.4 Å². The van der Waals surface area contributed by atoms with Crippen molar-refractivity contribution in [3.63, 3.8) is 0 Å². The summed E-state index contributed by atoms with van der Waals surface area (Å²) in [6.07, 6.45) is 2.01. The Bertz CT molecular complexity index is 5850. The highest BCUT2D eigenvalue weighted by Crippen LogP contribution is 2.50. The number of hydrogen-bond acceptors (Lipinski definition) is 37. The van der Waals surface area contributed by atoms with E-state index in [0.717, 1.165) is 53.4 Å². The standard InChI is InChI=1S/C17H20N2S.C9H6O4.C8H7NS2.C8H8O4.C7H6O5.2C7H6O4.C6H4N2O7.C6H6O3.C6H6O2.ClH.H2O/c1-18(2)12-7-13-19-14-8-3-5-10-16(14)20-17-11-6-4-9-15(17)19;10-6-3-1-5-2-4-7(11)13-9(5)8(6)12;1-9-6-4-2-3-5-7(6)11-8(9)10;1-4(9)5-2-3-6(10)8(12)7(5)11;8-4-2-1-3(7(11)12)5(9)6(4)10;8-3-4-1-5(9)7(11)6(10)2-4;8-3-4-1-2-5(9)7(11)6(4)10;9-4-2(7(12)13)1-3(8(14)15)5(10)6(4)11;7-4-2-1-3-5(8)6(4)9;7-5-3-1-2-4-6(5)8;;/h3-6,8-11H,7,12-13H2,1-2H3;1-4,10,12H;2-5H,1H3;2-3,10-12H,1H3;1-2,8-10H,(H,11,12);2*1-3,9-11H;1,9-11H;1-3,7-9H;1-4,7-8H;1H;1H2. The summed E-state index contributed by atoms with van der Waals surface area (Å²) in [6, 6.07) is 50.6. The van der Waals surface area contributed by atoms with Crippen molar-refractivity contribution in [2.75, 3.05) is 32.1 Å². The smallest absolute Gasteiger partial charge is 0.339 e. The number of para-hydroxylation sites is 6. The van der Waals surface area contributed by atoms with E-state index in [1.54, 1.807) is 29.5 Å². The van der Waals surface area contributed by atoms with E-state index in [1.165, 1.54) is 105 Å². The molecule has 2 aromatic heterocycles. The van der Waals surface area contributed by atoms with E-state index < -0.39 is 136 Å². The quantitative estimate of drug-likeness (QED) is 0.0115. The molecule has 43 heteroatoms. The van der Waals surface area contributed by atoms with Crippen LogP contribution >= 0.6 is 47.7 Å². The van der Waals surface area contributed by atoms with Gasteiger partial charge in [-0.15, -0.1) is 23.7 Å². The lowest BCUT2D eigenvalue weighted by atomic mass is 10.1. The van der Waals surface area contributed by atoms with Gasteiger partial charge in [0.05, 0.1) is 42.6 Å². The van der Waals surface area contributed by atoms with Crippen LogP contribution in [0.1, 0.15) is 54.8 Å². The highest BCUT2D eigenvalue weighted by molar-refractivity contribution is 7.99. The average Bonchev–Trinajstić information content (AvgIpc) is 0.877. The van der Waals surface area contributed by atoms with Crippen LogP contribution in [-0.4, -0.2) is 194 Å². The molecule has 0 bridgehead atoms. The van der Waals surface area contributed by atoms with Gasteiger partial charge in [0.2, 0.25) is 40.2 Å². The van der Waals surface area contributed by atoms with Crippen molar-refractivity contribution in [1.29, 1.82) is 0 Å². The van der Waals surface area contributed by atoms with E-state index in [0.29, 0.717) is 24.0 Å². The molecule has 0 saturated carbocycles. The summed E-state index contributed by atoms with van der Waals surface area (Å²) in [5.41, 5.74) is 0.830. The molecule has 13 aromatic rings. The van der Waals surface area contributed by atoms with Crippen molar-refractivity contribution < 1.29 is 156 Å². The Balaban J connectivity index is 0.000000358. The number of aromatic nitrogens is 1. The van der Waals surface area contributed by atoms with Crippen molar-refractivity contribution in [3.05, 3.63) is 251 Å². The lowest BCUT2D eigenvalue weighted by Gasteiger charge is -2.33. The van der Waals surface area contributed by atoms with Crippen molar-refractivity contribution >= 4 is 116 Å². The fraction of sp³-hybridized carbons (Fsp3) is 0.0864. The number of thiazole rings is 1. The molecule has 0 saturated heterocycles. The monoisotopic (exact) mass is 1800 g/mol. The molecule has 656 valence electrons. The van der Waals surface area contributed by atoms with Crippen molar-refractivity contribution in [3.8, 4) is 126 Å². The minimum atomic E-state index is -1.37. The lowest BCUT2D eigenvalue weighted by Crippen LogP contribution is -2.25. The Morgan fingerprint density at radius 1 is 0.468 bits per heavy atom. The molecule has 124 heavy (non-hydrogen) atoms. The zero-order valence-corrected chi connectivity index (χ0v) is 67.8. The van der Waals surface area contributed by atoms with E-state index >= 15 is 0 Å². The van der Waals surface area contributed by atoms with E-state index in [4.69, 9.17) is 129 Å². The normalized spacial score (nSPS) is 10.2. The minimum absolute atomic E-state index is 0. The van der Waals surface area contributed by atoms with Crippen LogP contribution in [-0.2, 0) is 7.05 Å². The minimum Gasteiger partial charge on any atom is -0.504 e. The number of halogens is 1. The number of carbonyl (C=O) groups excluding carboxylic acids is 3. The van der Waals surface area contributed by atoms with Crippen molar-refractivity contribution in [1.82, 2.24) is 9.47 Å². The maximum atomic E-state index is 10.8. The number of Topliss-reactive ketones (excluding diaryl/α,β-unsaturated/α-hetero) is 1. The van der Waals surface area contributed by atoms with Crippen LogP contribution in [0.4, 0.5) is 22.7 Å². The number of benzene rings is 11. The van der Waals surface area contributed by atoms with Gasteiger partial charge in [-0.2, -0.15) is 0 Å². The first-order chi connectivity index (χ1) is 57.5. The fourth-order valence-electron chi connectivity index (χ4n) is 9.61. The van der Waals surface area contributed by atoms with Gasteiger partial charge in [-0.3, -0.25) is 34.6 Å². The number of carboxylic acid groups (broad SMARTS) is 1. The van der Waals surface area contributed by atoms with Crippen LogP contribution in [0.2, 0.25) is 0 Å². The zero-order chi connectivity index (χ0) is 91.3. The summed E-state index contributed by atoms with van der Waals surface area (Å²) in [6.45, 7) is 3.44. The molecular weight excluding hydrogens is 1720 g/mol. The van der Waals surface area contributed by atoms with Crippen LogP contribution in [0.25, 0.3) is 21.2 Å². The van der Waals surface area contributed by atoms with E-state index in [-0.39, 0.29) is 74.7 Å². The van der Waals surface area contributed by atoms with Crippen molar-refractivity contribution in [2.45, 2.75) is 23.1 Å². The SMILES string of the molecule is CC(=O)c1ccc(O)c(O)c1O.CN(C)CCCN1c2ccccc2Sc2ccccc21.Cl.Cn1c(=S)sc2ccccc21.O.O=C(O)c1ccc(O)c(O)c1O.O=Cc1cc(O)c(O)c(O)c1.O=Cc1ccc(O)c(O)c1O.O=[N+]([O-])c1cc([N+](=O)[O-])c(O)c(O)c1O.O=c1ccc2ccc(O)c(O)c2o1.Oc1cccc(O)c1O.Oc1ccccc1O. The van der Waals surface area contributed by atoms with Crippen LogP contribution in [0.15, 0.2) is 213 Å². The maximum Gasteiger partial charge on any atom is 0.339 e. The Kier molecular flexibility index (Phi) is 39.2. The Hall–Kier alpha value is -16.0. The molecule has 0 amide bonds. The van der Waals surface area contributed by atoms with Crippen LogP contribution in [0.3, 0.4) is 0 Å². The molecule has 0 unspecified atom stereocenters. The number of anilines is 2. The Labute approximate surface area is 717 Å². The molecule has 0 radical (unpaired) electrons. The largest absolute Gasteiger partial charge is 0.504 e. The second-order valence-electron chi connectivity index (χ2n) is 24.5. The highest BCUT2D eigenvalue weighted by atomic mass is 35.5. The molecule has 3 heterocycles. The number of ketones is 1. The second-order valence-corrected chi connectivity index (χ2v) is 27.2. The second kappa shape index (κ2) is 47.5. The number of hydrogen-bond donors (Lipinski definition) is 23. The van der Waals surface area contributed by atoms with E-state index in [2.05, 4.69) is 84.6 Å². The summed E-state index contributed by atoms with van der Waals surface area (Å²) >= 11 is 8.67. The number of carbonyl (C=O) groups is 4. The predicted octanol–water partition coefficient (Wildman–Crippen LogP) is 13.3.